The summed E-state index contributed by atoms with van der Waals surface area (Å²) >= 11 is 0. The van der Waals surface area contributed by atoms with E-state index in [9.17, 15) is 0 Å². The molecule has 0 saturated carbocycles. The molecule has 8 rings (SSSR count). The first kappa shape index (κ1) is 23.6. The number of H-pyrrole nitrogens is 1. The maximum Gasteiger partial charge on any atom is 0.140 e. The molecule has 8 aromatic rings. The van der Waals surface area contributed by atoms with E-state index in [4.69, 9.17) is 4.74 Å². The molecule has 0 bridgehead atoms. The first-order chi connectivity index (χ1) is 20.2. The van der Waals surface area contributed by atoms with Gasteiger partial charge in [0.15, 0.2) is 0 Å². The number of nitrogens with zero attached hydrogens (tertiary/aromatic N) is 1. The van der Waals surface area contributed by atoms with Crippen molar-refractivity contribution in [1.82, 2.24) is 9.55 Å². The van der Waals surface area contributed by atoms with Crippen molar-refractivity contribution < 1.29 is 4.74 Å². The van der Waals surface area contributed by atoms with Crippen LogP contribution in [-0.4, -0.2) is 9.55 Å². The highest BCUT2D eigenvalue weighted by atomic mass is 16.5. The van der Waals surface area contributed by atoms with Crippen LogP contribution < -0.4 is 4.74 Å². The molecule has 2 aromatic heterocycles. The second kappa shape index (κ2) is 9.14. The van der Waals surface area contributed by atoms with Gasteiger partial charge < -0.3 is 14.3 Å². The molecule has 0 amide bonds. The van der Waals surface area contributed by atoms with Crippen molar-refractivity contribution in [3.05, 3.63) is 139 Å². The number of benzene rings is 6. The van der Waals surface area contributed by atoms with Crippen LogP contribution in [0.5, 0.6) is 11.5 Å². The SMILES string of the molecule is Cc1ccc2c(c1Oc1ccc3[nH]c4ccccc4c3c1C)c1ccccc1n2-c1cccc(-c2ccccc2)c1. The summed E-state index contributed by atoms with van der Waals surface area (Å²) in [4.78, 5) is 3.55. The maximum absolute atomic E-state index is 6.90. The zero-order valence-electron chi connectivity index (χ0n) is 23.0. The van der Waals surface area contributed by atoms with Gasteiger partial charge in [-0.3, -0.25) is 0 Å². The minimum atomic E-state index is 0.876. The molecule has 2 heterocycles. The van der Waals surface area contributed by atoms with Crippen LogP contribution in [0.1, 0.15) is 11.1 Å². The Morgan fingerprint density at radius 2 is 1.32 bits per heavy atom. The zero-order chi connectivity index (χ0) is 27.5. The highest BCUT2D eigenvalue weighted by molar-refractivity contribution is 6.13. The van der Waals surface area contributed by atoms with Gasteiger partial charge in [-0.15, -0.1) is 0 Å². The average Bonchev–Trinajstić information content (AvgIpc) is 3.57. The van der Waals surface area contributed by atoms with Crippen LogP contribution in [0.4, 0.5) is 0 Å². The predicted octanol–water partition coefficient (Wildman–Crippen LogP) is 10.5. The summed E-state index contributed by atoms with van der Waals surface area (Å²) in [6.45, 7) is 4.29. The summed E-state index contributed by atoms with van der Waals surface area (Å²) in [5.41, 5.74) is 10.3. The third kappa shape index (κ3) is 3.66. The number of para-hydroxylation sites is 2. The second-order valence-electron chi connectivity index (χ2n) is 10.8. The van der Waals surface area contributed by atoms with E-state index >= 15 is 0 Å². The molecule has 3 heteroatoms. The number of aromatic amines is 1. The van der Waals surface area contributed by atoms with Gasteiger partial charge in [-0.25, -0.2) is 0 Å². The number of aryl methyl sites for hydroxylation is 2. The Balaban J connectivity index is 1.35. The highest BCUT2D eigenvalue weighted by Crippen LogP contribution is 2.43. The Labute approximate surface area is 238 Å². The van der Waals surface area contributed by atoms with E-state index in [-0.39, 0.29) is 0 Å². The standard InChI is InChI=1S/C38H28N2O/c1-24-19-21-34-37(38(24)41-35-22-20-32-36(25(35)2)29-15-6-8-17-31(29)39-32)30-16-7-9-18-33(30)40(34)28-14-10-13-27(23-28)26-11-4-3-5-12-26/h3-23,39H,1-2H3. The lowest BCUT2D eigenvalue weighted by atomic mass is 10.1. The molecule has 0 unspecified atom stereocenters. The number of fused-ring (bicyclic) bond motifs is 6. The molecule has 0 aliphatic rings. The van der Waals surface area contributed by atoms with Crippen molar-refractivity contribution in [2.24, 2.45) is 0 Å². The second-order valence-corrected chi connectivity index (χ2v) is 10.8. The summed E-state index contributed by atoms with van der Waals surface area (Å²) < 4.78 is 9.26. The summed E-state index contributed by atoms with van der Waals surface area (Å²) in [5.74, 6) is 1.78. The van der Waals surface area contributed by atoms with Crippen LogP contribution in [0.15, 0.2) is 127 Å². The number of rotatable bonds is 4. The normalized spacial score (nSPS) is 11.7. The fourth-order valence-electron chi connectivity index (χ4n) is 6.32. The van der Waals surface area contributed by atoms with Crippen molar-refractivity contribution in [2.75, 3.05) is 0 Å². The molecule has 3 nitrogen and oxygen atoms in total. The Bertz CT molecular complexity index is 2250. The van der Waals surface area contributed by atoms with E-state index in [2.05, 4.69) is 151 Å². The molecule has 0 spiro atoms. The smallest absolute Gasteiger partial charge is 0.140 e. The highest BCUT2D eigenvalue weighted by Gasteiger charge is 2.20. The molecule has 6 aromatic carbocycles. The van der Waals surface area contributed by atoms with Gasteiger partial charge in [0.05, 0.1) is 16.4 Å². The van der Waals surface area contributed by atoms with Gasteiger partial charge >= 0.3 is 0 Å². The van der Waals surface area contributed by atoms with Crippen LogP contribution in [0.2, 0.25) is 0 Å². The summed E-state index contributed by atoms with van der Waals surface area (Å²) in [6, 6.07) is 45.0. The lowest BCUT2D eigenvalue weighted by Crippen LogP contribution is -1.95. The van der Waals surface area contributed by atoms with Gasteiger partial charge in [0.25, 0.3) is 0 Å². The molecule has 0 atom stereocenters. The first-order valence-electron chi connectivity index (χ1n) is 14.0. The van der Waals surface area contributed by atoms with E-state index in [1.54, 1.807) is 0 Å². The molecule has 1 N–H and O–H groups in total. The minimum absolute atomic E-state index is 0.876. The average molecular weight is 529 g/mol. The van der Waals surface area contributed by atoms with Gasteiger partial charge in [0.1, 0.15) is 11.5 Å². The Hall–Kier alpha value is -5.28. The Kier molecular flexibility index (Phi) is 5.26. The minimum Gasteiger partial charge on any atom is -0.456 e. The lowest BCUT2D eigenvalue weighted by Gasteiger charge is -2.14. The molecule has 0 aliphatic carbocycles. The van der Waals surface area contributed by atoms with Crippen molar-refractivity contribution in [3.8, 4) is 28.3 Å². The molecule has 196 valence electrons. The fraction of sp³-hybridized carbons (Fsp3) is 0.0526. The Morgan fingerprint density at radius 1 is 0.561 bits per heavy atom. The molecule has 0 radical (unpaired) electrons. The van der Waals surface area contributed by atoms with Crippen molar-refractivity contribution >= 4 is 43.6 Å². The number of ether oxygens (including phenoxy) is 1. The summed E-state index contributed by atoms with van der Waals surface area (Å²) in [7, 11) is 0. The third-order valence-electron chi connectivity index (χ3n) is 8.29. The summed E-state index contributed by atoms with van der Waals surface area (Å²) in [6.07, 6.45) is 0. The monoisotopic (exact) mass is 528 g/mol. The number of hydrogen-bond acceptors (Lipinski definition) is 1. The number of hydrogen-bond donors (Lipinski definition) is 1. The van der Waals surface area contributed by atoms with E-state index in [0.29, 0.717) is 0 Å². The number of aromatic nitrogens is 2. The van der Waals surface area contributed by atoms with E-state index in [1.165, 1.54) is 27.3 Å². The maximum atomic E-state index is 6.90. The fourth-order valence-corrected chi connectivity index (χ4v) is 6.32. The van der Waals surface area contributed by atoms with E-state index < -0.39 is 0 Å². The lowest BCUT2D eigenvalue weighted by molar-refractivity contribution is 0.482. The molecule has 41 heavy (non-hydrogen) atoms. The van der Waals surface area contributed by atoms with Crippen LogP contribution in [0, 0.1) is 13.8 Å². The quantitative estimate of drug-likeness (QED) is 0.242. The summed E-state index contributed by atoms with van der Waals surface area (Å²) in [5, 5.41) is 4.74. The van der Waals surface area contributed by atoms with Crippen LogP contribution in [0.3, 0.4) is 0 Å². The zero-order valence-corrected chi connectivity index (χ0v) is 23.0. The molecular formula is C38H28N2O. The van der Waals surface area contributed by atoms with Crippen LogP contribution in [-0.2, 0) is 0 Å². The Morgan fingerprint density at radius 3 is 2.20 bits per heavy atom. The van der Waals surface area contributed by atoms with Gasteiger partial charge in [-0.2, -0.15) is 0 Å². The third-order valence-corrected chi connectivity index (χ3v) is 8.29. The van der Waals surface area contributed by atoms with E-state index in [0.717, 1.165) is 55.8 Å². The van der Waals surface area contributed by atoms with E-state index in [1.807, 2.05) is 0 Å². The molecule has 0 fully saturated rings. The predicted molar refractivity (Wildman–Crippen MR) is 172 cm³/mol. The first-order valence-corrected chi connectivity index (χ1v) is 14.0. The molecule has 0 saturated heterocycles. The van der Waals surface area contributed by atoms with Crippen molar-refractivity contribution in [3.63, 3.8) is 0 Å². The van der Waals surface area contributed by atoms with Crippen LogP contribution in [0.25, 0.3) is 60.4 Å². The largest absolute Gasteiger partial charge is 0.456 e. The van der Waals surface area contributed by atoms with Gasteiger partial charge in [0.2, 0.25) is 0 Å². The molecular weight excluding hydrogens is 500 g/mol. The van der Waals surface area contributed by atoms with Crippen LogP contribution >= 0.6 is 0 Å². The van der Waals surface area contributed by atoms with Gasteiger partial charge in [0, 0.05) is 38.4 Å². The van der Waals surface area contributed by atoms with Crippen molar-refractivity contribution in [2.45, 2.75) is 13.8 Å². The molecule has 0 aliphatic heterocycles. The van der Waals surface area contributed by atoms with Crippen molar-refractivity contribution in [1.29, 1.82) is 0 Å². The topological polar surface area (TPSA) is 29.9 Å². The van der Waals surface area contributed by atoms with Gasteiger partial charge in [-0.05, 0) is 73.0 Å². The van der Waals surface area contributed by atoms with Gasteiger partial charge in [-0.1, -0.05) is 84.9 Å². The number of nitrogens with one attached hydrogen (secondary N) is 1.